The van der Waals surface area contributed by atoms with Crippen LogP contribution in [-0.4, -0.2) is 55.4 Å². The highest BCUT2D eigenvalue weighted by Crippen LogP contribution is 2.27. The molecule has 0 bridgehead atoms. The Hall–Kier alpha value is -3.27. The van der Waals surface area contributed by atoms with Gasteiger partial charge in [0.2, 0.25) is 5.88 Å². The highest BCUT2D eigenvalue weighted by molar-refractivity contribution is 5.90. The monoisotopic (exact) mass is 438 g/mol. The largest absolute Gasteiger partial charge is 0.379 e. The lowest BCUT2D eigenvalue weighted by atomic mass is 9.99. The average Bonchev–Trinajstić information content (AvgIpc) is 3.28. The van der Waals surface area contributed by atoms with Crippen LogP contribution in [-0.2, 0) is 4.74 Å². The molecule has 0 aliphatic carbocycles. The molecule has 1 atom stereocenters. The van der Waals surface area contributed by atoms with Crippen LogP contribution < -0.4 is 16.8 Å². The first kappa shape index (κ1) is 21.9. The van der Waals surface area contributed by atoms with Crippen LogP contribution in [0.1, 0.15) is 17.3 Å². The molecule has 1 aliphatic rings. The summed E-state index contributed by atoms with van der Waals surface area (Å²) in [7, 11) is 0. The van der Waals surface area contributed by atoms with Gasteiger partial charge in [0.15, 0.2) is 5.96 Å². The lowest BCUT2D eigenvalue weighted by Crippen LogP contribution is -2.38. The molecule has 0 spiro atoms. The van der Waals surface area contributed by atoms with Crippen LogP contribution in [0.2, 0.25) is 0 Å². The van der Waals surface area contributed by atoms with Crippen molar-refractivity contribution in [1.29, 1.82) is 0 Å². The molecule has 8 nitrogen and oxygen atoms in total. The highest BCUT2D eigenvalue weighted by Gasteiger charge is 2.17. The number of benzene rings is 2. The summed E-state index contributed by atoms with van der Waals surface area (Å²) in [5.41, 5.74) is 14.6. The van der Waals surface area contributed by atoms with Crippen LogP contribution in [0.5, 0.6) is 0 Å². The molecule has 1 saturated heterocycles. The number of rotatable bonds is 7. The summed E-state index contributed by atoms with van der Waals surface area (Å²) in [6.45, 7) is 4.67. The summed E-state index contributed by atoms with van der Waals surface area (Å²) >= 11 is 0. The van der Waals surface area contributed by atoms with Crippen LogP contribution in [0, 0.1) is 5.82 Å². The minimum absolute atomic E-state index is 0.229. The summed E-state index contributed by atoms with van der Waals surface area (Å²) in [6.07, 6.45) is 0. The first-order valence-electron chi connectivity index (χ1n) is 10.5. The molecule has 168 valence electrons. The smallest absolute Gasteiger partial charge is 0.231 e. The number of ether oxygens (including phenoxy) is 1. The minimum atomic E-state index is -0.645. The van der Waals surface area contributed by atoms with Crippen molar-refractivity contribution >= 4 is 11.8 Å². The van der Waals surface area contributed by atoms with Crippen molar-refractivity contribution in [3.8, 4) is 11.1 Å². The summed E-state index contributed by atoms with van der Waals surface area (Å²) in [4.78, 5) is 6.58. The lowest BCUT2D eigenvalue weighted by molar-refractivity contribution is 0.0394. The Morgan fingerprint density at radius 3 is 2.69 bits per heavy atom. The maximum absolute atomic E-state index is 14.7. The third-order valence-corrected chi connectivity index (χ3v) is 5.34. The number of aromatic nitrogens is 1. The molecule has 32 heavy (non-hydrogen) atoms. The van der Waals surface area contributed by atoms with Gasteiger partial charge in [0.25, 0.3) is 0 Å². The van der Waals surface area contributed by atoms with Gasteiger partial charge in [0, 0.05) is 31.3 Å². The quantitative estimate of drug-likeness (QED) is 0.384. The third kappa shape index (κ3) is 5.50. The SMILES string of the molecule is NC(=NCCN1CCOCC1)Nc1cc(C(N)c2ccc(-c3ccccc3)c(F)c2)no1. The Morgan fingerprint density at radius 2 is 1.94 bits per heavy atom. The fourth-order valence-corrected chi connectivity index (χ4v) is 3.54. The Bertz CT molecular complexity index is 1050. The molecule has 1 aromatic heterocycles. The van der Waals surface area contributed by atoms with Crippen LogP contribution >= 0.6 is 0 Å². The molecule has 1 fully saturated rings. The van der Waals surface area contributed by atoms with Gasteiger partial charge in [0.05, 0.1) is 25.8 Å². The number of halogens is 1. The van der Waals surface area contributed by atoms with Crippen molar-refractivity contribution in [3.05, 3.63) is 71.7 Å². The highest BCUT2D eigenvalue weighted by atomic mass is 19.1. The number of morpholine rings is 1. The number of hydrogen-bond acceptors (Lipinski definition) is 6. The van der Waals surface area contributed by atoms with Crippen LogP contribution in [0.4, 0.5) is 10.3 Å². The third-order valence-electron chi connectivity index (χ3n) is 5.34. The van der Waals surface area contributed by atoms with Crippen molar-refractivity contribution in [2.24, 2.45) is 16.5 Å². The molecule has 3 aromatic rings. The van der Waals surface area contributed by atoms with E-state index < -0.39 is 6.04 Å². The number of nitrogens with zero attached hydrogens (tertiary/aromatic N) is 3. The molecule has 1 aliphatic heterocycles. The van der Waals surface area contributed by atoms with Gasteiger partial charge >= 0.3 is 0 Å². The van der Waals surface area contributed by atoms with Gasteiger partial charge in [-0.2, -0.15) is 0 Å². The van der Waals surface area contributed by atoms with E-state index in [0.29, 0.717) is 29.2 Å². The predicted octanol–water partition coefficient (Wildman–Crippen LogP) is 2.59. The van der Waals surface area contributed by atoms with Crippen molar-refractivity contribution in [2.75, 3.05) is 44.7 Å². The standard InChI is InChI=1S/C23H27FN6O2/c24-19-14-17(6-7-18(19)16-4-2-1-3-5-16)22(25)20-15-21(32-29-20)28-23(26)27-8-9-30-10-12-31-13-11-30/h1-7,14-15,22H,8-13,25H2,(H3,26,27,28). The molecule has 0 radical (unpaired) electrons. The molecule has 1 unspecified atom stereocenters. The fourth-order valence-electron chi connectivity index (χ4n) is 3.54. The number of nitrogens with two attached hydrogens (primary N) is 2. The van der Waals surface area contributed by atoms with E-state index in [1.54, 1.807) is 18.2 Å². The number of anilines is 1. The van der Waals surface area contributed by atoms with E-state index in [0.717, 1.165) is 38.4 Å². The van der Waals surface area contributed by atoms with Crippen molar-refractivity contribution in [1.82, 2.24) is 10.1 Å². The van der Waals surface area contributed by atoms with E-state index in [-0.39, 0.29) is 11.8 Å². The maximum atomic E-state index is 14.7. The van der Waals surface area contributed by atoms with Gasteiger partial charge < -0.3 is 20.7 Å². The number of hydrogen-bond donors (Lipinski definition) is 3. The molecule has 4 rings (SSSR count). The summed E-state index contributed by atoms with van der Waals surface area (Å²) in [6, 6.07) is 15.3. The number of guanidine groups is 1. The van der Waals surface area contributed by atoms with E-state index in [2.05, 4.69) is 20.4 Å². The van der Waals surface area contributed by atoms with E-state index in [9.17, 15) is 4.39 Å². The van der Waals surface area contributed by atoms with Gasteiger partial charge in [-0.1, -0.05) is 47.6 Å². The molecular formula is C23H27FN6O2. The van der Waals surface area contributed by atoms with Crippen molar-refractivity contribution in [2.45, 2.75) is 6.04 Å². The minimum Gasteiger partial charge on any atom is -0.379 e. The first-order valence-corrected chi connectivity index (χ1v) is 10.5. The van der Waals surface area contributed by atoms with Gasteiger partial charge in [-0.3, -0.25) is 15.2 Å². The zero-order valence-corrected chi connectivity index (χ0v) is 17.7. The normalized spacial score (nSPS) is 16.1. The number of aliphatic imine (C=N–C) groups is 1. The Morgan fingerprint density at radius 1 is 1.16 bits per heavy atom. The van der Waals surface area contributed by atoms with Gasteiger partial charge in [0.1, 0.15) is 11.5 Å². The van der Waals surface area contributed by atoms with Crippen LogP contribution in [0.25, 0.3) is 11.1 Å². The number of nitrogens with one attached hydrogen (secondary N) is 1. The van der Waals surface area contributed by atoms with E-state index in [1.165, 1.54) is 6.07 Å². The molecule has 2 heterocycles. The maximum Gasteiger partial charge on any atom is 0.231 e. The van der Waals surface area contributed by atoms with E-state index in [4.69, 9.17) is 20.7 Å². The molecule has 5 N–H and O–H groups in total. The second kappa shape index (κ2) is 10.4. The zero-order chi connectivity index (χ0) is 22.3. The fraction of sp³-hybridized carbons (Fsp3) is 0.304. The second-order valence-electron chi connectivity index (χ2n) is 7.54. The molecule has 9 heteroatoms. The Kier molecular flexibility index (Phi) is 7.10. The van der Waals surface area contributed by atoms with E-state index >= 15 is 0 Å². The van der Waals surface area contributed by atoms with Gasteiger partial charge in [-0.15, -0.1) is 0 Å². The molecule has 0 saturated carbocycles. The second-order valence-corrected chi connectivity index (χ2v) is 7.54. The molecule has 0 amide bonds. The van der Waals surface area contributed by atoms with Crippen LogP contribution in [0.3, 0.4) is 0 Å². The topological polar surface area (TPSA) is 115 Å². The van der Waals surface area contributed by atoms with Crippen LogP contribution in [0.15, 0.2) is 64.1 Å². The zero-order valence-electron chi connectivity index (χ0n) is 17.7. The Balaban J connectivity index is 1.36. The summed E-state index contributed by atoms with van der Waals surface area (Å²) in [5.74, 6) is 0.208. The lowest BCUT2D eigenvalue weighted by Gasteiger charge is -2.25. The van der Waals surface area contributed by atoms with Crippen molar-refractivity contribution < 1.29 is 13.7 Å². The molecule has 2 aromatic carbocycles. The first-order chi connectivity index (χ1) is 15.6. The Labute approximate surface area is 186 Å². The van der Waals surface area contributed by atoms with Gasteiger partial charge in [-0.05, 0) is 17.2 Å². The van der Waals surface area contributed by atoms with Crippen molar-refractivity contribution in [3.63, 3.8) is 0 Å². The predicted molar refractivity (Wildman–Crippen MR) is 122 cm³/mol. The molecular weight excluding hydrogens is 411 g/mol. The average molecular weight is 439 g/mol. The summed E-state index contributed by atoms with van der Waals surface area (Å²) < 4.78 is 25.3. The van der Waals surface area contributed by atoms with E-state index in [1.807, 2.05) is 30.3 Å². The summed E-state index contributed by atoms with van der Waals surface area (Å²) in [5, 5.41) is 6.87. The van der Waals surface area contributed by atoms with Gasteiger partial charge in [-0.25, -0.2) is 4.39 Å².